The van der Waals surface area contributed by atoms with Crippen LogP contribution in [-0.4, -0.2) is 34.2 Å². The third-order valence-electron chi connectivity index (χ3n) is 3.59. The lowest BCUT2D eigenvalue weighted by atomic mass is 9.94. The van der Waals surface area contributed by atoms with Crippen LogP contribution >= 0.6 is 0 Å². The molecular formula is C13H19N3O3. The maximum atomic E-state index is 10.6. The Morgan fingerprint density at radius 2 is 2.11 bits per heavy atom. The standard InChI is InChI=1S/C13H19N3O3/c17-9-8-15(11-4-2-1-3-5-11)13-7-6-12(10-14-13)16(18)19/h6-7,10-11,17H,1-5,8-9H2. The average Bonchev–Trinajstić information content (AvgIpc) is 2.46. The van der Waals surface area contributed by atoms with E-state index in [0.717, 1.165) is 12.8 Å². The molecule has 1 aromatic heterocycles. The number of anilines is 1. The minimum absolute atomic E-state index is 0.00339. The molecule has 0 aromatic carbocycles. The summed E-state index contributed by atoms with van der Waals surface area (Å²) in [6.45, 7) is 0.588. The van der Waals surface area contributed by atoms with Crippen molar-refractivity contribution in [1.82, 2.24) is 4.98 Å². The molecule has 19 heavy (non-hydrogen) atoms. The summed E-state index contributed by atoms with van der Waals surface area (Å²) < 4.78 is 0. The number of hydrogen-bond acceptors (Lipinski definition) is 5. The number of nitrogens with zero attached hydrogens (tertiary/aromatic N) is 3. The molecule has 6 nitrogen and oxygen atoms in total. The number of aliphatic hydroxyl groups excluding tert-OH is 1. The number of aliphatic hydroxyl groups is 1. The molecule has 2 rings (SSSR count). The molecule has 0 amide bonds. The van der Waals surface area contributed by atoms with Gasteiger partial charge in [0.1, 0.15) is 12.0 Å². The van der Waals surface area contributed by atoms with Gasteiger partial charge >= 0.3 is 0 Å². The first-order valence-corrected chi connectivity index (χ1v) is 6.70. The van der Waals surface area contributed by atoms with E-state index in [1.54, 1.807) is 6.07 Å². The zero-order chi connectivity index (χ0) is 13.7. The van der Waals surface area contributed by atoms with E-state index < -0.39 is 4.92 Å². The largest absolute Gasteiger partial charge is 0.395 e. The quantitative estimate of drug-likeness (QED) is 0.651. The van der Waals surface area contributed by atoms with E-state index in [-0.39, 0.29) is 12.3 Å². The van der Waals surface area contributed by atoms with E-state index in [0.29, 0.717) is 18.4 Å². The fraction of sp³-hybridized carbons (Fsp3) is 0.615. The predicted octanol–water partition coefficient (Wildman–Crippen LogP) is 2.12. The Morgan fingerprint density at radius 1 is 1.37 bits per heavy atom. The molecule has 1 aromatic rings. The van der Waals surface area contributed by atoms with Gasteiger partial charge in [-0.25, -0.2) is 4.98 Å². The van der Waals surface area contributed by atoms with Gasteiger partial charge < -0.3 is 10.0 Å². The van der Waals surface area contributed by atoms with Crippen molar-refractivity contribution >= 4 is 11.5 Å². The number of hydrogen-bond donors (Lipinski definition) is 1. The predicted molar refractivity (Wildman–Crippen MR) is 72.2 cm³/mol. The van der Waals surface area contributed by atoms with E-state index in [9.17, 15) is 15.2 Å². The molecule has 1 fully saturated rings. The van der Waals surface area contributed by atoms with Crippen LogP contribution in [0.3, 0.4) is 0 Å². The Hall–Kier alpha value is -1.69. The molecule has 0 aliphatic heterocycles. The molecule has 0 saturated heterocycles. The maximum absolute atomic E-state index is 10.6. The van der Waals surface area contributed by atoms with Gasteiger partial charge in [-0.3, -0.25) is 10.1 Å². The van der Waals surface area contributed by atoms with Gasteiger partial charge in [-0.05, 0) is 18.9 Å². The normalized spacial score (nSPS) is 16.3. The highest BCUT2D eigenvalue weighted by Crippen LogP contribution is 2.26. The van der Waals surface area contributed by atoms with Crippen molar-refractivity contribution in [3.63, 3.8) is 0 Å². The molecule has 1 aliphatic carbocycles. The van der Waals surface area contributed by atoms with Crippen LogP contribution in [0.4, 0.5) is 11.5 Å². The summed E-state index contributed by atoms with van der Waals surface area (Å²) in [6.07, 6.45) is 7.12. The summed E-state index contributed by atoms with van der Waals surface area (Å²) in [5.41, 5.74) is -0.00339. The Bertz CT molecular complexity index is 416. The topological polar surface area (TPSA) is 79.5 Å². The van der Waals surface area contributed by atoms with Gasteiger partial charge in [-0.2, -0.15) is 0 Å². The zero-order valence-corrected chi connectivity index (χ0v) is 10.9. The second kappa shape index (κ2) is 6.47. The van der Waals surface area contributed by atoms with Crippen LogP contribution in [0.2, 0.25) is 0 Å². The molecule has 0 bridgehead atoms. The Morgan fingerprint density at radius 3 is 2.63 bits per heavy atom. The minimum Gasteiger partial charge on any atom is -0.395 e. The Kier molecular flexibility index (Phi) is 4.68. The van der Waals surface area contributed by atoms with Crippen LogP contribution in [0, 0.1) is 10.1 Å². The van der Waals surface area contributed by atoms with Gasteiger partial charge in [-0.15, -0.1) is 0 Å². The second-order valence-electron chi connectivity index (χ2n) is 4.84. The lowest BCUT2D eigenvalue weighted by Gasteiger charge is -2.34. The summed E-state index contributed by atoms with van der Waals surface area (Å²) in [6, 6.07) is 3.52. The SMILES string of the molecule is O=[N+]([O-])c1ccc(N(CCO)C2CCCCC2)nc1. The van der Waals surface area contributed by atoms with Crippen molar-refractivity contribution in [2.24, 2.45) is 0 Å². The van der Waals surface area contributed by atoms with Crippen molar-refractivity contribution in [3.8, 4) is 0 Å². The van der Waals surface area contributed by atoms with Gasteiger partial charge in [0.05, 0.1) is 11.5 Å². The van der Waals surface area contributed by atoms with Gasteiger partial charge in [-0.1, -0.05) is 19.3 Å². The fourth-order valence-electron chi connectivity index (χ4n) is 2.64. The van der Waals surface area contributed by atoms with E-state index in [1.165, 1.54) is 31.5 Å². The first-order chi connectivity index (χ1) is 9.22. The highest BCUT2D eigenvalue weighted by atomic mass is 16.6. The van der Waals surface area contributed by atoms with Crippen molar-refractivity contribution in [2.75, 3.05) is 18.1 Å². The number of nitro groups is 1. The van der Waals surface area contributed by atoms with Crippen LogP contribution < -0.4 is 4.90 Å². The summed E-state index contributed by atoms with van der Waals surface area (Å²) >= 11 is 0. The second-order valence-corrected chi connectivity index (χ2v) is 4.84. The van der Waals surface area contributed by atoms with Crippen LogP contribution in [0.5, 0.6) is 0 Å². The fourth-order valence-corrected chi connectivity index (χ4v) is 2.64. The van der Waals surface area contributed by atoms with Crippen molar-refractivity contribution < 1.29 is 10.0 Å². The summed E-state index contributed by atoms with van der Waals surface area (Å²) in [5, 5.41) is 19.8. The smallest absolute Gasteiger partial charge is 0.287 e. The highest BCUT2D eigenvalue weighted by molar-refractivity contribution is 5.44. The van der Waals surface area contributed by atoms with Crippen molar-refractivity contribution in [2.45, 2.75) is 38.1 Å². The number of aromatic nitrogens is 1. The molecule has 0 radical (unpaired) electrons. The lowest BCUT2D eigenvalue weighted by Crippen LogP contribution is -2.39. The third kappa shape index (κ3) is 3.41. The molecule has 0 spiro atoms. The van der Waals surface area contributed by atoms with E-state index >= 15 is 0 Å². The molecule has 0 atom stereocenters. The number of rotatable bonds is 5. The molecule has 104 valence electrons. The summed E-state index contributed by atoms with van der Waals surface area (Å²) in [7, 11) is 0. The van der Waals surface area contributed by atoms with Gasteiger partial charge in [0.2, 0.25) is 0 Å². The third-order valence-corrected chi connectivity index (χ3v) is 3.59. The van der Waals surface area contributed by atoms with Gasteiger partial charge in [0.15, 0.2) is 0 Å². The molecule has 0 unspecified atom stereocenters. The van der Waals surface area contributed by atoms with Crippen molar-refractivity contribution in [1.29, 1.82) is 0 Å². The summed E-state index contributed by atoms with van der Waals surface area (Å²) in [4.78, 5) is 16.4. The maximum Gasteiger partial charge on any atom is 0.287 e. The average molecular weight is 265 g/mol. The van der Waals surface area contributed by atoms with E-state index in [4.69, 9.17) is 0 Å². The molecule has 6 heteroatoms. The number of pyridine rings is 1. The van der Waals surface area contributed by atoms with Crippen LogP contribution in [0.25, 0.3) is 0 Å². The molecule has 1 saturated carbocycles. The molecular weight excluding hydrogens is 246 g/mol. The first kappa shape index (κ1) is 13.7. The van der Waals surface area contributed by atoms with Crippen LogP contribution in [-0.2, 0) is 0 Å². The first-order valence-electron chi connectivity index (χ1n) is 6.70. The summed E-state index contributed by atoms with van der Waals surface area (Å²) in [5.74, 6) is 0.714. The molecule has 1 N–H and O–H groups in total. The Balaban J connectivity index is 2.15. The van der Waals surface area contributed by atoms with E-state index in [1.807, 2.05) is 0 Å². The monoisotopic (exact) mass is 265 g/mol. The molecule has 1 aliphatic rings. The molecule has 1 heterocycles. The highest BCUT2D eigenvalue weighted by Gasteiger charge is 2.22. The van der Waals surface area contributed by atoms with E-state index in [2.05, 4.69) is 9.88 Å². The van der Waals surface area contributed by atoms with Crippen molar-refractivity contribution in [3.05, 3.63) is 28.4 Å². The van der Waals surface area contributed by atoms with Crippen LogP contribution in [0.1, 0.15) is 32.1 Å². The minimum atomic E-state index is -0.451. The zero-order valence-electron chi connectivity index (χ0n) is 10.9. The van der Waals surface area contributed by atoms with Gasteiger partial charge in [0.25, 0.3) is 5.69 Å². The van der Waals surface area contributed by atoms with Gasteiger partial charge in [0, 0.05) is 18.7 Å². The lowest BCUT2D eigenvalue weighted by molar-refractivity contribution is -0.385. The van der Waals surface area contributed by atoms with Crippen LogP contribution in [0.15, 0.2) is 18.3 Å². The Labute approximate surface area is 112 Å².